The molecule has 0 aliphatic carbocycles. The number of aliphatic hydroxyl groups excluding tert-OH is 1. The van der Waals surface area contributed by atoms with Crippen molar-refractivity contribution in [3.63, 3.8) is 0 Å². The number of imidazole rings is 1. The van der Waals surface area contributed by atoms with Crippen molar-refractivity contribution < 1.29 is 20.1 Å². The Morgan fingerprint density at radius 1 is 1.71 bits per heavy atom. The van der Waals surface area contributed by atoms with Gasteiger partial charge >= 0.3 is 5.97 Å². The highest BCUT2D eigenvalue weighted by molar-refractivity contribution is 5.70. The smallest absolute Gasteiger partial charge is 0.302 e. The SMILES string of the molecule is [2H]C([2H])(C(CO)COC(C)=O)C([2H])([2H])n1cnc2c(=O)[nH]c(N)nc21. The lowest BCUT2D eigenvalue weighted by molar-refractivity contribution is -0.142. The summed E-state index contributed by atoms with van der Waals surface area (Å²) in [5, 5.41) is 9.42. The number of hydrogen-bond donors (Lipinski definition) is 3. The number of anilines is 1. The van der Waals surface area contributed by atoms with Crippen molar-refractivity contribution in [2.75, 3.05) is 18.9 Å². The first kappa shape index (κ1) is 10.3. The molecule has 0 aromatic carbocycles. The lowest BCUT2D eigenvalue weighted by atomic mass is 10.1. The molecule has 4 N–H and O–H groups in total. The van der Waals surface area contributed by atoms with Crippen LogP contribution in [-0.2, 0) is 16.0 Å². The van der Waals surface area contributed by atoms with Crippen molar-refractivity contribution in [3.8, 4) is 0 Å². The molecule has 2 aromatic heterocycles. The van der Waals surface area contributed by atoms with E-state index < -0.39 is 43.5 Å². The maximum Gasteiger partial charge on any atom is 0.302 e. The number of aromatic nitrogens is 4. The Balaban J connectivity index is 2.52. The van der Waals surface area contributed by atoms with E-state index in [2.05, 4.69) is 15.0 Å². The number of hydrogen-bond acceptors (Lipinski definition) is 7. The van der Waals surface area contributed by atoms with Gasteiger partial charge in [-0.05, 0) is 6.37 Å². The summed E-state index contributed by atoms with van der Waals surface area (Å²) in [4.78, 5) is 32.5. The van der Waals surface area contributed by atoms with Gasteiger partial charge in [0.05, 0.1) is 12.9 Å². The average molecular weight is 299 g/mol. The van der Waals surface area contributed by atoms with Gasteiger partial charge < -0.3 is 20.1 Å². The Hall–Kier alpha value is -2.42. The van der Waals surface area contributed by atoms with Crippen molar-refractivity contribution in [3.05, 3.63) is 16.7 Å². The summed E-state index contributed by atoms with van der Waals surface area (Å²) in [6.07, 6.45) is -1.78. The number of nitrogens with zero attached hydrogens (tertiary/aromatic N) is 3. The molecule has 0 bridgehead atoms. The number of aromatic amines is 1. The zero-order valence-electron chi connectivity index (χ0n) is 15.2. The van der Waals surface area contributed by atoms with Gasteiger partial charge in [-0.1, -0.05) is 0 Å². The Morgan fingerprint density at radius 3 is 3.14 bits per heavy atom. The van der Waals surface area contributed by atoms with Crippen LogP contribution in [0, 0.1) is 5.92 Å². The Morgan fingerprint density at radius 2 is 2.48 bits per heavy atom. The first-order chi connectivity index (χ1) is 11.5. The van der Waals surface area contributed by atoms with Gasteiger partial charge in [-0.25, -0.2) is 4.98 Å². The fourth-order valence-corrected chi connectivity index (χ4v) is 1.53. The third-order valence-electron chi connectivity index (χ3n) is 2.52. The number of esters is 1. The molecule has 1 atom stereocenters. The molecule has 0 fully saturated rings. The molecular formula is C12H17N5O4. The monoisotopic (exact) mass is 299 g/mol. The Bertz CT molecular complexity index is 850. The fraction of sp³-hybridized carbons (Fsp3) is 0.500. The second-order valence-corrected chi connectivity index (χ2v) is 4.18. The van der Waals surface area contributed by atoms with Crippen LogP contribution in [-0.4, -0.2) is 43.8 Å². The van der Waals surface area contributed by atoms with Crippen LogP contribution in [0.4, 0.5) is 5.95 Å². The molecule has 2 aromatic rings. The van der Waals surface area contributed by atoms with Gasteiger partial charge in [0, 0.05) is 31.4 Å². The van der Waals surface area contributed by atoms with Crippen molar-refractivity contribution in [1.82, 2.24) is 19.5 Å². The lowest BCUT2D eigenvalue weighted by Crippen LogP contribution is -2.18. The van der Waals surface area contributed by atoms with Crippen LogP contribution in [0.2, 0.25) is 0 Å². The number of nitrogens with one attached hydrogen (secondary N) is 1. The molecule has 0 amide bonds. The minimum atomic E-state index is -2.79. The zero-order chi connectivity index (χ0) is 19.0. The maximum absolute atomic E-state index is 11.8. The average Bonchev–Trinajstić information content (AvgIpc) is 2.91. The van der Waals surface area contributed by atoms with E-state index >= 15 is 0 Å². The minimum Gasteiger partial charge on any atom is -0.465 e. The van der Waals surface area contributed by atoms with Gasteiger partial charge in [-0.15, -0.1) is 0 Å². The van der Waals surface area contributed by atoms with Crippen LogP contribution in [0.1, 0.15) is 18.8 Å². The predicted octanol–water partition coefficient (Wildman–Crippen LogP) is -0.736. The molecule has 9 heteroatoms. The number of aryl methyl sites for hydroxylation is 1. The van der Waals surface area contributed by atoms with Gasteiger partial charge in [-0.2, -0.15) is 4.98 Å². The Kier molecular flexibility index (Phi) is 3.12. The topological polar surface area (TPSA) is 136 Å². The summed E-state index contributed by atoms with van der Waals surface area (Å²) < 4.78 is 38.1. The van der Waals surface area contributed by atoms with Crippen LogP contribution >= 0.6 is 0 Å². The van der Waals surface area contributed by atoms with E-state index in [1.54, 1.807) is 0 Å². The van der Waals surface area contributed by atoms with E-state index in [1.165, 1.54) is 0 Å². The molecule has 0 aliphatic heterocycles. The predicted molar refractivity (Wildman–Crippen MR) is 74.4 cm³/mol. The third-order valence-corrected chi connectivity index (χ3v) is 2.52. The maximum atomic E-state index is 11.8. The van der Waals surface area contributed by atoms with E-state index in [1.807, 2.05) is 0 Å². The number of carbonyl (C=O) groups excluding carboxylic acids is 1. The number of fused-ring (bicyclic) bond motifs is 1. The molecule has 0 spiro atoms. The Labute approximate surface area is 125 Å². The largest absolute Gasteiger partial charge is 0.465 e. The molecule has 0 aliphatic rings. The molecule has 9 nitrogen and oxygen atoms in total. The van der Waals surface area contributed by atoms with Gasteiger partial charge in [0.15, 0.2) is 11.2 Å². The second kappa shape index (κ2) is 6.35. The van der Waals surface area contributed by atoms with Crippen LogP contribution in [0.25, 0.3) is 11.2 Å². The van der Waals surface area contributed by atoms with Gasteiger partial charge in [0.25, 0.3) is 5.56 Å². The van der Waals surface area contributed by atoms with E-state index in [9.17, 15) is 14.7 Å². The van der Waals surface area contributed by atoms with Crippen LogP contribution in [0.15, 0.2) is 11.1 Å². The number of carbonyl (C=O) groups is 1. The van der Waals surface area contributed by atoms with E-state index in [4.69, 9.17) is 16.0 Å². The van der Waals surface area contributed by atoms with Crippen LogP contribution in [0.5, 0.6) is 0 Å². The minimum absolute atomic E-state index is 0.214. The number of rotatable bonds is 6. The highest BCUT2D eigenvalue weighted by Crippen LogP contribution is 2.11. The highest BCUT2D eigenvalue weighted by Gasteiger charge is 2.13. The quantitative estimate of drug-likeness (QED) is 0.598. The second-order valence-electron chi connectivity index (χ2n) is 4.18. The normalized spacial score (nSPS) is 16.7. The number of ether oxygens (including phenoxy) is 1. The molecule has 0 saturated heterocycles. The summed E-state index contributed by atoms with van der Waals surface area (Å²) in [6, 6.07) is 0. The molecule has 114 valence electrons. The van der Waals surface area contributed by atoms with Gasteiger partial charge in [0.2, 0.25) is 5.95 Å². The van der Waals surface area contributed by atoms with Crippen molar-refractivity contribution in [2.45, 2.75) is 19.8 Å². The van der Waals surface area contributed by atoms with E-state index in [0.717, 1.165) is 17.8 Å². The summed E-state index contributed by atoms with van der Waals surface area (Å²) >= 11 is 0. The lowest BCUT2D eigenvalue weighted by Gasteiger charge is -2.14. The third kappa shape index (κ3) is 3.57. The first-order valence-electron chi connectivity index (χ1n) is 8.00. The van der Waals surface area contributed by atoms with Crippen molar-refractivity contribution in [1.29, 1.82) is 0 Å². The molecule has 2 rings (SSSR count). The fourth-order valence-electron chi connectivity index (χ4n) is 1.53. The standard InChI is InChI=1S/C12H17N5O4/c1-7(19)21-5-8(4-18)2-3-17-6-14-9-10(17)15-12(13)16-11(9)20/h6,8,18H,2-5H2,1H3,(H3,13,15,16,20)/i2D2,3D2. The summed E-state index contributed by atoms with van der Waals surface area (Å²) in [7, 11) is 0. The molecule has 2 heterocycles. The summed E-state index contributed by atoms with van der Waals surface area (Å²) in [5.74, 6) is -2.35. The van der Waals surface area contributed by atoms with E-state index in [-0.39, 0.29) is 17.1 Å². The van der Waals surface area contributed by atoms with Crippen molar-refractivity contribution in [2.24, 2.45) is 5.92 Å². The van der Waals surface area contributed by atoms with Crippen LogP contribution < -0.4 is 11.3 Å². The van der Waals surface area contributed by atoms with E-state index in [0.29, 0.717) is 0 Å². The van der Waals surface area contributed by atoms with Crippen LogP contribution in [0.3, 0.4) is 0 Å². The molecule has 1 unspecified atom stereocenters. The molecule has 0 radical (unpaired) electrons. The van der Waals surface area contributed by atoms with Gasteiger partial charge in [-0.3, -0.25) is 14.6 Å². The van der Waals surface area contributed by atoms with Gasteiger partial charge in [0.1, 0.15) is 0 Å². The molecule has 0 saturated carbocycles. The highest BCUT2D eigenvalue weighted by atomic mass is 16.5. The number of nitrogens with two attached hydrogens (primary N) is 1. The van der Waals surface area contributed by atoms with Crippen molar-refractivity contribution >= 4 is 23.1 Å². The number of nitrogen functional groups attached to an aromatic ring is 1. The summed E-state index contributed by atoms with van der Waals surface area (Å²) in [6.45, 7) is -2.98. The zero-order valence-corrected chi connectivity index (χ0v) is 11.2. The first-order valence-corrected chi connectivity index (χ1v) is 6.00. The number of H-pyrrole nitrogens is 1. The number of aliphatic hydroxyl groups is 1. The molecule has 21 heavy (non-hydrogen) atoms. The molecular weight excluding hydrogens is 278 g/mol. The summed E-state index contributed by atoms with van der Waals surface area (Å²) in [5.41, 5.74) is 4.29.